The van der Waals surface area contributed by atoms with Gasteiger partial charge in [-0.1, -0.05) is 6.42 Å². The number of carbonyl (C=O) groups excluding carboxylic acids is 1. The molecule has 1 unspecified atom stereocenters. The molecule has 134 valence electrons. The van der Waals surface area contributed by atoms with Crippen molar-refractivity contribution in [3.63, 3.8) is 0 Å². The molecule has 2 bridgehead atoms. The van der Waals surface area contributed by atoms with E-state index in [-0.39, 0.29) is 6.04 Å². The summed E-state index contributed by atoms with van der Waals surface area (Å²) < 4.78 is 20.0. The van der Waals surface area contributed by atoms with E-state index in [9.17, 15) is 9.00 Å². The van der Waals surface area contributed by atoms with Crippen LogP contribution < -0.4 is 15.8 Å². The Balaban J connectivity index is 2.00. The first-order valence-corrected chi connectivity index (χ1v) is 9.33. The number of carbonyl (C=O) groups is 1. The van der Waals surface area contributed by atoms with Gasteiger partial charge >= 0.3 is 6.09 Å². The molecule has 0 saturated heterocycles. The van der Waals surface area contributed by atoms with Crippen LogP contribution >= 0.6 is 0 Å². The van der Waals surface area contributed by atoms with Gasteiger partial charge in [-0.2, -0.15) is 0 Å². The summed E-state index contributed by atoms with van der Waals surface area (Å²) in [5.41, 5.74) is 8.92. The summed E-state index contributed by atoms with van der Waals surface area (Å²) >= 11 is 0. The molecule has 8 nitrogen and oxygen atoms in total. The maximum atomic E-state index is 12.3. The summed E-state index contributed by atoms with van der Waals surface area (Å²) in [6.07, 6.45) is 3.62. The van der Waals surface area contributed by atoms with Gasteiger partial charge in [0.05, 0.1) is 30.7 Å². The lowest BCUT2D eigenvalue weighted by Gasteiger charge is -2.15. The molecule has 1 amide bonds. The van der Waals surface area contributed by atoms with Crippen molar-refractivity contribution in [2.75, 3.05) is 22.9 Å². The third-order valence-corrected chi connectivity index (χ3v) is 5.11. The molecule has 5 N–H and O–H groups in total. The summed E-state index contributed by atoms with van der Waals surface area (Å²) in [6.45, 7) is 0. The van der Waals surface area contributed by atoms with E-state index in [1.807, 2.05) is 6.07 Å². The highest BCUT2D eigenvalue weighted by Crippen LogP contribution is 2.31. The monoisotopic (exact) mass is 363 g/mol. The number of aromatic amines is 1. The highest BCUT2D eigenvalue weighted by molar-refractivity contribution is 7.86. The minimum absolute atomic E-state index is 0.168. The Hall–Kier alpha value is -2.39. The number of amides is 1. The summed E-state index contributed by atoms with van der Waals surface area (Å²) in [4.78, 5) is 19.0. The number of nitrogens with two attached hydrogens (primary N) is 1. The molecule has 0 fully saturated rings. The van der Waals surface area contributed by atoms with Gasteiger partial charge < -0.3 is 20.2 Å². The second kappa shape index (κ2) is 7.66. The minimum atomic E-state index is -1.23. The van der Waals surface area contributed by atoms with Crippen molar-refractivity contribution in [3.05, 3.63) is 30.2 Å². The normalized spacial score (nSPS) is 20.4. The molecule has 1 aromatic heterocycles. The zero-order valence-corrected chi connectivity index (χ0v) is 14.7. The fourth-order valence-electron chi connectivity index (χ4n) is 2.68. The summed E-state index contributed by atoms with van der Waals surface area (Å²) in [7, 11) is 0.0706. The molecule has 1 aromatic carbocycles. The number of aromatic nitrogens is 2. The van der Waals surface area contributed by atoms with E-state index >= 15 is 0 Å². The number of nitrogens with one attached hydrogen (secondary N) is 3. The average molecular weight is 363 g/mol. The van der Waals surface area contributed by atoms with Crippen LogP contribution in [-0.4, -0.2) is 33.1 Å². The number of rotatable bonds is 1. The first-order valence-electron chi connectivity index (χ1n) is 8.01. The van der Waals surface area contributed by atoms with E-state index in [1.165, 1.54) is 7.11 Å². The molecule has 2 atom stereocenters. The molecule has 0 radical (unpaired) electrons. The first kappa shape index (κ1) is 17.4. The average Bonchev–Trinajstić information content (AvgIpc) is 3.08. The van der Waals surface area contributed by atoms with E-state index in [0.29, 0.717) is 17.1 Å². The number of anilines is 2. The van der Waals surface area contributed by atoms with Crippen LogP contribution in [0.2, 0.25) is 0 Å². The van der Waals surface area contributed by atoms with Crippen LogP contribution in [0.15, 0.2) is 24.4 Å². The predicted octanol–water partition coefficient (Wildman–Crippen LogP) is 2.51. The summed E-state index contributed by atoms with van der Waals surface area (Å²) in [5.74, 6) is 1.26. The van der Waals surface area contributed by atoms with Crippen molar-refractivity contribution in [3.8, 4) is 11.3 Å². The SMILES string of the molecule is COC(=O)Nc1ccc2c(c1)NS(=O)CCCC[C@H](N)c1ncc-2[nH]1. The van der Waals surface area contributed by atoms with Crippen LogP contribution in [0.4, 0.5) is 16.2 Å². The van der Waals surface area contributed by atoms with Crippen molar-refractivity contribution >= 4 is 28.5 Å². The molecule has 3 rings (SSSR count). The predicted molar refractivity (Wildman–Crippen MR) is 97.5 cm³/mol. The van der Waals surface area contributed by atoms with E-state index in [4.69, 9.17) is 5.73 Å². The van der Waals surface area contributed by atoms with Gasteiger partial charge in [-0.3, -0.25) is 5.32 Å². The van der Waals surface area contributed by atoms with Crippen molar-refractivity contribution in [2.45, 2.75) is 25.3 Å². The van der Waals surface area contributed by atoms with Gasteiger partial charge in [0.25, 0.3) is 0 Å². The number of H-pyrrole nitrogens is 1. The quantitative estimate of drug-likeness (QED) is 0.620. The Bertz CT molecular complexity index is 792. The standard InChI is InChI=1S/C16H21N5O3S/c1-24-16(22)19-10-5-6-11-13(8-10)21-25(23)7-3-2-4-12(17)15-18-9-14(11)20-15/h5-6,8-9,12,21H,2-4,7,17H2,1H3,(H,18,20)(H,19,22)/t12-,25?/m0/s1. The molecule has 2 heterocycles. The van der Waals surface area contributed by atoms with Gasteiger partial charge in [0, 0.05) is 17.0 Å². The zero-order valence-electron chi connectivity index (χ0n) is 13.9. The maximum absolute atomic E-state index is 12.3. The molecule has 0 spiro atoms. The Kier molecular flexibility index (Phi) is 5.34. The first-order chi connectivity index (χ1) is 12.1. The van der Waals surface area contributed by atoms with E-state index in [2.05, 4.69) is 24.7 Å². The van der Waals surface area contributed by atoms with Crippen LogP contribution in [-0.2, 0) is 15.7 Å². The Morgan fingerprint density at radius 2 is 2.28 bits per heavy atom. The molecular weight excluding hydrogens is 342 g/mol. The number of fused-ring (bicyclic) bond motifs is 4. The van der Waals surface area contributed by atoms with Crippen molar-refractivity contribution in [1.82, 2.24) is 9.97 Å². The Morgan fingerprint density at radius 3 is 3.08 bits per heavy atom. The highest BCUT2D eigenvalue weighted by atomic mass is 32.2. The molecular formula is C16H21N5O3S. The van der Waals surface area contributed by atoms with E-state index < -0.39 is 17.1 Å². The second-order valence-corrected chi connectivity index (χ2v) is 7.12. The van der Waals surface area contributed by atoms with Gasteiger partial charge in [-0.15, -0.1) is 0 Å². The van der Waals surface area contributed by atoms with Crippen LogP contribution in [0, 0.1) is 0 Å². The number of imidazole rings is 1. The molecule has 0 aliphatic carbocycles. The number of methoxy groups -OCH3 is 1. The number of hydrogen-bond donors (Lipinski definition) is 4. The number of hydrogen-bond acceptors (Lipinski definition) is 5. The molecule has 1 aliphatic rings. The number of benzene rings is 1. The molecule has 25 heavy (non-hydrogen) atoms. The van der Waals surface area contributed by atoms with Crippen molar-refractivity contribution < 1.29 is 13.7 Å². The smallest absolute Gasteiger partial charge is 0.411 e. The largest absolute Gasteiger partial charge is 0.453 e. The maximum Gasteiger partial charge on any atom is 0.411 e. The lowest BCUT2D eigenvalue weighted by Crippen LogP contribution is -2.15. The molecule has 0 saturated carbocycles. The lowest BCUT2D eigenvalue weighted by molar-refractivity contribution is 0.187. The van der Waals surface area contributed by atoms with Gasteiger partial charge in [0.1, 0.15) is 16.8 Å². The van der Waals surface area contributed by atoms with Crippen LogP contribution in [0.5, 0.6) is 0 Å². The minimum Gasteiger partial charge on any atom is -0.453 e. The van der Waals surface area contributed by atoms with Crippen LogP contribution in [0.1, 0.15) is 31.1 Å². The fourth-order valence-corrected chi connectivity index (χ4v) is 3.66. The van der Waals surface area contributed by atoms with Crippen molar-refractivity contribution in [1.29, 1.82) is 0 Å². The van der Waals surface area contributed by atoms with E-state index in [0.717, 1.165) is 36.3 Å². The van der Waals surface area contributed by atoms with Gasteiger partial charge in [-0.05, 0) is 31.0 Å². The second-order valence-electron chi connectivity index (χ2n) is 5.81. The molecule has 1 aliphatic heterocycles. The van der Waals surface area contributed by atoms with Gasteiger partial charge in [-0.25, -0.2) is 14.0 Å². The topological polar surface area (TPSA) is 122 Å². The Morgan fingerprint density at radius 1 is 1.44 bits per heavy atom. The highest BCUT2D eigenvalue weighted by Gasteiger charge is 2.16. The summed E-state index contributed by atoms with van der Waals surface area (Å²) in [6, 6.07) is 5.11. The lowest BCUT2D eigenvalue weighted by atomic mass is 10.1. The van der Waals surface area contributed by atoms with Gasteiger partial charge in [0.15, 0.2) is 0 Å². The van der Waals surface area contributed by atoms with Gasteiger partial charge in [0.2, 0.25) is 0 Å². The van der Waals surface area contributed by atoms with Crippen LogP contribution in [0.25, 0.3) is 11.3 Å². The Labute approximate surface area is 148 Å². The zero-order chi connectivity index (χ0) is 17.8. The van der Waals surface area contributed by atoms with Crippen LogP contribution in [0.3, 0.4) is 0 Å². The van der Waals surface area contributed by atoms with E-state index in [1.54, 1.807) is 18.3 Å². The molecule has 2 aromatic rings. The molecule has 9 heteroatoms. The third kappa shape index (κ3) is 4.18. The number of nitrogens with zero attached hydrogens (tertiary/aromatic N) is 1. The fraction of sp³-hybridized carbons (Fsp3) is 0.375. The third-order valence-electron chi connectivity index (χ3n) is 4.01. The number of ether oxygens (including phenoxy) is 1. The van der Waals surface area contributed by atoms with Crippen molar-refractivity contribution in [2.24, 2.45) is 5.73 Å². The summed E-state index contributed by atoms with van der Waals surface area (Å²) in [5, 5.41) is 2.60.